The minimum absolute atomic E-state index is 0.352. The van der Waals surface area contributed by atoms with Crippen molar-refractivity contribution in [3.05, 3.63) is 23.2 Å². The van der Waals surface area contributed by atoms with Crippen molar-refractivity contribution >= 4 is 38.9 Å². The summed E-state index contributed by atoms with van der Waals surface area (Å²) in [4.78, 5) is 0. The fourth-order valence-electron chi connectivity index (χ4n) is 1.56. The minimum Gasteiger partial charge on any atom is -0.470 e. The molecule has 0 aliphatic carbocycles. The van der Waals surface area contributed by atoms with Crippen LogP contribution in [0.25, 0.3) is 0 Å². The lowest BCUT2D eigenvalue weighted by molar-refractivity contribution is 0.259. The molecule has 0 fully saturated rings. The molecule has 1 aliphatic rings. The molecule has 1 heterocycles. The SMILES string of the molecule is O=S1(=O)Nc2ccc(Cl)cc2OC1CCCCl. The zero-order valence-electron chi connectivity index (χ0n) is 8.82. The molecule has 0 amide bonds. The number of hydrogen-bond donors (Lipinski definition) is 1. The monoisotopic (exact) mass is 295 g/mol. The molecule has 1 aliphatic heterocycles. The highest BCUT2D eigenvalue weighted by molar-refractivity contribution is 7.93. The van der Waals surface area contributed by atoms with Gasteiger partial charge in [-0.1, -0.05) is 11.6 Å². The smallest absolute Gasteiger partial charge is 0.271 e. The van der Waals surface area contributed by atoms with Gasteiger partial charge in [-0.25, -0.2) is 8.42 Å². The highest BCUT2D eigenvalue weighted by Gasteiger charge is 2.32. The predicted octanol–water partition coefficient (Wildman–Crippen LogP) is 2.82. The molecule has 0 aromatic heterocycles. The van der Waals surface area contributed by atoms with Crippen LogP contribution < -0.4 is 9.46 Å². The van der Waals surface area contributed by atoms with Gasteiger partial charge in [0.1, 0.15) is 5.75 Å². The standard InChI is InChI=1S/C10H11Cl2NO3S/c11-5-1-2-10-16-9-6-7(12)3-4-8(9)13-17(10,14)15/h3-4,6,10,13H,1-2,5H2. The van der Waals surface area contributed by atoms with Gasteiger partial charge in [0.15, 0.2) is 0 Å². The van der Waals surface area contributed by atoms with Gasteiger partial charge in [0.2, 0.25) is 5.44 Å². The van der Waals surface area contributed by atoms with Gasteiger partial charge in [-0.2, -0.15) is 0 Å². The zero-order chi connectivity index (χ0) is 12.5. The molecule has 0 saturated heterocycles. The molecule has 2 rings (SSSR count). The van der Waals surface area contributed by atoms with Crippen LogP contribution >= 0.6 is 23.2 Å². The van der Waals surface area contributed by atoms with Crippen LogP contribution in [-0.4, -0.2) is 19.7 Å². The number of nitrogens with one attached hydrogen (secondary N) is 1. The third kappa shape index (κ3) is 2.78. The van der Waals surface area contributed by atoms with Crippen LogP contribution in [-0.2, 0) is 10.0 Å². The van der Waals surface area contributed by atoms with Gasteiger partial charge in [-0.05, 0) is 18.6 Å². The highest BCUT2D eigenvalue weighted by atomic mass is 35.5. The van der Waals surface area contributed by atoms with Crippen molar-refractivity contribution in [2.24, 2.45) is 0 Å². The minimum atomic E-state index is -3.50. The van der Waals surface area contributed by atoms with E-state index >= 15 is 0 Å². The number of sulfonamides is 1. The highest BCUT2D eigenvalue weighted by Crippen LogP contribution is 2.35. The molecule has 0 spiro atoms. The van der Waals surface area contributed by atoms with E-state index < -0.39 is 15.5 Å². The Morgan fingerprint density at radius 2 is 2.18 bits per heavy atom. The van der Waals surface area contributed by atoms with E-state index in [2.05, 4.69) is 4.72 Å². The second kappa shape index (κ2) is 4.92. The molecule has 1 N–H and O–H groups in total. The van der Waals surface area contributed by atoms with E-state index in [1.54, 1.807) is 18.2 Å². The van der Waals surface area contributed by atoms with Gasteiger partial charge in [0.05, 0.1) is 5.69 Å². The summed E-state index contributed by atoms with van der Waals surface area (Å²) in [5.74, 6) is 0.851. The third-order valence-corrected chi connectivity index (χ3v) is 4.40. The average molecular weight is 296 g/mol. The third-order valence-electron chi connectivity index (χ3n) is 2.37. The summed E-state index contributed by atoms with van der Waals surface area (Å²) in [6.45, 7) is 0. The number of anilines is 1. The van der Waals surface area contributed by atoms with Gasteiger partial charge in [0.25, 0.3) is 10.0 Å². The van der Waals surface area contributed by atoms with E-state index in [4.69, 9.17) is 27.9 Å². The summed E-state index contributed by atoms with van der Waals surface area (Å²) in [7, 11) is -3.50. The maximum Gasteiger partial charge on any atom is 0.271 e. The normalized spacial score (nSPS) is 21.2. The fourth-order valence-corrected chi connectivity index (χ4v) is 3.19. The van der Waals surface area contributed by atoms with Gasteiger partial charge in [-0.3, -0.25) is 4.72 Å². The van der Waals surface area contributed by atoms with Crippen molar-refractivity contribution in [3.8, 4) is 5.75 Å². The van der Waals surface area contributed by atoms with Crippen molar-refractivity contribution in [2.45, 2.75) is 18.3 Å². The zero-order valence-corrected chi connectivity index (χ0v) is 11.1. The Bertz CT molecular complexity index is 518. The van der Waals surface area contributed by atoms with Gasteiger partial charge in [-0.15, -0.1) is 11.6 Å². The summed E-state index contributed by atoms with van der Waals surface area (Å²) in [5.41, 5.74) is -0.497. The summed E-state index contributed by atoms with van der Waals surface area (Å²) in [6, 6.07) is 4.77. The fraction of sp³-hybridized carbons (Fsp3) is 0.400. The summed E-state index contributed by atoms with van der Waals surface area (Å²) in [6.07, 6.45) is 0.924. The van der Waals surface area contributed by atoms with Crippen molar-refractivity contribution in [1.29, 1.82) is 0 Å². The summed E-state index contributed by atoms with van der Waals surface area (Å²) in [5, 5.41) is 0.501. The first-order chi connectivity index (χ1) is 8.03. The second-order valence-electron chi connectivity index (χ2n) is 3.67. The molecule has 1 aromatic carbocycles. The molecule has 0 saturated carbocycles. The Labute approximate surface area is 110 Å². The van der Waals surface area contributed by atoms with Crippen LogP contribution in [0, 0.1) is 0 Å². The lowest BCUT2D eigenvalue weighted by atomic mass is 10.3. The van der Waals surface area contributed by atoms with E-state index in [1.807, 2.05) is 0 Å². The molecule has 1 atom stereocenters. The Kier molecular flexibility index (Phi) is 3.70. The molecular formula is C10H11Cl2NO3S. The Hall–Kier alpha value is -0.650. The first kappa shape index (κ1) is 12.8. The van der Waals surface area contributed by atoms with Crippen LogP contribution in [0.3, 0.4) is 0 Å². The molecule has 17 heavy (non-hydrogen) atoms. The van der Waals surface area contributed by atoms with Gasteiger partial charge >= 0.3 is 0 Å². The molecular weight excluding hydrogens is 285 g/mol. The average Bonchev–Trinajstić information content (AvgIpc) is 2.26. The lowest BCUT2D eigenvalue weighted by Gasteiger charge is -2.27. The van der Waals surface area contributed by atoms with E-state index in [9.17, 15) is 8.42 Å². The lowest BCUT2D eigenvalue weighted by Crippen LogP contribution is -2.36. The topological polar surface area (TPSA) is 55.4 Å². The predicted molar refractivity (Wildman–Crippen MR) is 68.4 cm³/mol. The number of alkyl halides is 1. The van der Waals surface area contributed by atoms with Crippen molar-refractivity contribution in [3.63, 3.8) is 0 Å². The van der Waals surface area contributed by atoms with Crippen LogP contribution in [0.1, 0.15) is 12.8 Å². The van der Waals surface area contributed by atoms with E-state index in [0.29, 0.717) is 35.2 Å². The molecule has 0 bridgehead atoms. The molecule has 0 radical (unpaired) electrons. The van der Waals surface area contributed by atoms with Gasteiger partial charge < -0.3 is 4.74 Å². The van der Waals surface area contributed by atoms with Crippen molar-refractivity contribution in [2.75, 3.05) is 10.6 Å². The molecule has 7 heteroatoms. The number of halogens is 2. The van der Waals surface area contributed by atoms with Crippen LogP contribution in [0.15, 0.2) is 18.2 Å². The first-order valence-corrected chi connectivity index (χ1v) is 7.52. The number of ether oxygens (including phenoxy) is 1. The van der Waals surface area contributed by atoms with Crippen molar-refractivity contribution in [1.82, 2.24) is 0 Å². The Morgan fingerprint density at radius 3 is 2.88 bits per heavy atom. The van der Waals surface area contributed by atoms with Crippen LogP contribution in [0.5, 0.6) is 5.75 Å². The molecule has 1 unspecified atom stereocenters. The number of benzene rings is 1. The molecule has 4 nitrogen and oxygen atoms in total. The second-order valence-corrected chi connectivity index (χ2v) is 6.30. The summed E-state index contributed by atoms with van der Waals surface area (Å²) >= 11 is 11.4. The van der Waals surface area contributed by atoms with Crippen LogP contribution in [0.2, 0.25) is 5.02 Å². The summed E-state index contributed by atoms with van der Waals surface area (Å²) < 4.78 is 31.6. The maximum atomic E-state index is 11.8. The molecule has 94 valence electrons. The Morgan fingerprint density at radius 1 is 1.41 bits per heavy atom. The van der Waals surface area contributed by atoms with Crippen molar-refractivity contribution < 1.29 is 13.2 Å². The molecule has 1 aromatic rings. The van der Waals surface area contributed by atoms with E-state index in [-0.39, 0.29) is 0 Å². The number of fused-ring (bicyclic) bond motifs is 1. The maximum absolute atomic E-state index is 11.8. The van der Waals surface area contributed by atoms with E-state index in [1.165, 1.54) is 0 Å². The van der Waals surface area contributed by atoms with Crippen LogP contribution in [0.4, 0.5) is 5.69 Å². The quantitative estimate of drug-likeness (QED) is 0.873. The van der Waals surface area contributed by atoms with Gasteiger partial charge in [0, 0.05) is 23.4 Å². The number of hydrogen-bond acceptors (Lipinski definition) is 3. The van der Waals surface area contributed by atoms with E-state index in [0.717, 1.165) is 0 Å². The largest absolute Gasteiger partial charge is 0.470 e. The first-order valence-electron chi connectivity index (χ1n) is 5.07. The Balaban J connectivity index is 2.29. The number of rotatable bonds is 3.